The van der Waals surface area contributed by atoms with Crippen molar-refractivity contribution in [3.8, 4) is 0 Å². The van der Waals surface area contributed by atoms with E-state index in [1.807, 2.05) is 0 Å². The maximum absolute atomic E-state index is 13.0. The lowest BCUT2D eigenvalue weighted by Gasteiger charge is -2.25. The van der Waals surface area contributed by atoms with Crippen molar-refractivity contribution in [2.45, 2.75) is 25.7 Å². The number of carbonyl (C=O) groups is 1. The maximum Gasteiger partial charge on any atom is 0.418 e. The van der Waals surface area contributed by atoms with Gasteiger partial charge in [0.1, 0.15) is 0 Å². The average molecular weight is 405 g/mol. The number of para-hydroxylation sites is 1. The van der Waals surface area contributed by atoms with E-state index in [4.69, 9.17) is 23.2 Å². The fourth-order valence-electron chi connectivity index (χ4n) is 2.33. The molecule has 2 rings (SSSR count). The molecule has 0 aliphatic carbocycles. The molecule has 0 radical (unpaired) electrons. The van der Waals surface area contributed by atoms with Crippen molar-refractivity contribution < 1.29 is 18.0 Å². The van der Waals surface area contributed by atoms with Gasteiger partial charge in [-0.25, -0.2) is 0 Å². The van der Waals surface area contributed by atoms with Crippen molar-refractivity contribution in [3.05, 3.63) is 63.6 Å². The van der Waals surface area contributed by atoms with E-state index < -0.39 is 23.7 Å². The first-order chi connectivity index (χ1) is 12.1. The van der Waals surface area contributed by atoms with Crippen molar-refractivity contribution in [2.75, 3.05) is 12.4 Å². The molecule has 1 amide bonds. The van der Waals surface area contributed by atoms with E-state index in [2.05, 4.69) is 5.32 Å². The van der Waals surface area contributed by atoms with Crippen molar-refractivity contribution in [1.29, 1.82) is 0 Å². The summed E-state index contributed by atoms with van der Waals surface area (Å²) < 4.78 is 39.1. The number of carbonyl (C=O) groups excluding carboxylic acids is 1. The van der Waals surface area contributed by atoms with Crippen LogP contribution in [0.2, 0.25) is 10.0 Å². The number of anilines is 1. The van der Waals surface area contributed by atoms with Gasteiger partial charge in [-0.1, -0.05) is 41.4 Å². The molecule has 2 aromatic carbocycles. The first-order valence-electron chi connectivity index (χ1n) is 7.71. The highest BCUT2D eigenvalue weighted by Crippen LogP contribution is 2.34. The number of rotatable bonds is 5. The van der Waals surface area contributed by atoms with Crippen LogP contribution in [0.3, 0.4) is 0 Å². The summed E-state index contributed by atoms with van der Waals surface area (Å²) in [5.74, 6) is -0.547. The molecule has 0 saturated carbocycles. The highest BCUT2D eigenvalue weighted by molar-refractivity contribution is 6.35. The van der Waals surface area contributed by atoms with Crippen LogP contribution in [0.4, 0.5) is 18.9 Å². The van der Waals surface area contributed by atoms with Crippen LogP contribution in [0.1, 0.15) is 18.1 Å². The molecule has 0 aliphatic rings. The average Bonchev–Trinajstić information content (AvgIpc) is 2.56. The molecule has 2 aromatic rings. The molecule has 1 atom stereocenters. The Bertz CT molecular complexity index is 796. The van der Waals surface area contributed by atoms with Gasteiger partial charge in [0.15, 0.2) is 0 Å². The van der Waals surface area contributed by atoms with Gasteiger partial charge in [0, 0.05) is 16.6 Å². The van der Waals surface area contributed by atoms with Crippen molar-refractivity contribution in [3.63, 3.8) is 0 Å². The molecule has 0 saturated heterocycles. The van der Waals surface area contributed by atoms with E-state index in [1.165, 1.54) is 18.2 Å². The molecule has 0 aliphatic heterocycles. The summed E-state index contributed by atoms with van der Waals surface area (Å²) in [6.07, 6.45) is -4.55. The van der Waals surface area contributed by atoms with Crippen LogP contribution < -0.4 is 5.32 Å². The summed E-state index contributed by atoms with van der Waals surface area (Å²) in [5.41, 5.74) is -0.396. The van der Waals surface area contributed by atoms with E-state index in [9.17, 15) is 18.0 Å². The number of hydrogen-bond acceptors (Lipinski definition) is 2. The third kappa shape index (κ3) is 5.13. The Morgan fingerprint density at radius 1 is 1.19 bits per heavy atom. The minimum absolute atomic E-state index is 0.269. The van der Waals surface area contributed by atoms with Crippen LogP contribution in [-0.2, 0) is 17.5 Å². The molecular weight excluding hydrogens is 388 g/mol. The van der Waals surface area contributed by atoms with Crippen LogP contribution in [-0.4, -0.2) is 23.9 Å². The number of benzene rings is 2. The number of nitrogens with one attached hydrogen (secondary N) is 1. The van der Waals surface area contributed by atoms with E-state index >= 15 is 0 Å². The molecular formula is C18H17Cl2F3N2O. The van der Waals surface area contributed by atoms with Crippen LogP contribution in [0.15, 0.2) is 42.5 Å². The van der Waals surface area contributed by atoms with E-state index in [0.29, 0.717) is 16.6 Å². The Hall–Kier alpha value is -1.76. The molecule has 0 bridgehead atoms. The summed E-state index contributed by atoms with van der Waals surface area (Å²) in [6.45, 7) is 1.95. The largest absolute Gasteiger partial charge is 0.418 e. The Labute approximate surface area is 159 Å². The monoisotopic (exact) mass is 404 g/mol. The van der Waals surface area contributed by atoms with Crippen LogP contribution in [0, 0.1) is 0 Å². The second-order valence-corrected chi connectivity index (χ2v) is 6.70. The summed E-state index contributed by atoms with van der Waals surface area (Å²) in [5, 5.41) is 3.31. The van der Waals surface area contributed by atoms with E-state index in [0.717, 1.165) is 11.6 Å². The standard InChI is InChI=1S/C18H17Cl2F3N2O/c1-11(25(2)10-12-7-8-13(19)9-15(12)20)17(26)24-16-6-4-3-5-14(16)18(21,22)23/h3-9,11H,10H2,1-2H3,(H,24,26). The molecule has 0 aromatic heterocycles. The van der Waals surface area contributed by atoms with E-state index in [1.54, 1.807) is 37.1 Å². The fourth-order valence-corrected chi connectivity index (χ4v) is 2.80. The predicted molar refractivity (Wildman–Crippen MR) is 97.5 cm³/mol. The summed E-state index contributed by atoms with van der Waals surface area (Å²) >= 11 is 12.0. The Kier molecular flexibility index (Phi) is 6.55. The molecule has 3 nitrogen and oxygen atoms in total. The van der Waals surface area contributed by atoms with Crippen molar-refractivity contribution in [2.24, 2.45) is 0 Å². The smallest absolute Gasteiger partial charge is 0.324 e. The van der Waals surface area contributed by atoms with Crippen molar-refractivity contribution >= 4 is 34.8 Å². The molecule has 8 heteroatoms. The normalized spacial score (nSPS) is 12.9. The van der Waals surface area contributed by atoms with Gasteiger partial charge in [-0.3, -0.25) is 9.69 Å². The summed E-state index contributed by atoms with van der Waals surface area (Å²) in [4.78, 5) is 14.1. The lowest BCUT2D eigenvalue weighted by Crippen LogP contribution is -2.39. The van der Waals surface area contributed by atoms with Crippen molar-refractivity contribution in [1.82, 2.24) is 4.90 Å². The zero-order chi connectivity index (χ0) is 19.5. The highest BCUT2D eigenvalue weighted by atomic mass is 35.5. The molecule has 0 spiro atoms. The molecule has 26 heavy (non-hydrogen) atoms. The number of nitrogens with zero attached hydrogens (tertiary/aromatic N) is 1. The van der Waals surface area contributed by atoms with Gasteiger partial charge in [-0.2, -0.15) is 13.2 Å². The number of alkyl halides is 3. The SMILES string of the molecule is CC(C(=O)Nc1ccccc1C(F)(F)F)N(C)Cc1ccc(Cl)cc1Cl. The Morgan fingerprint density at radius 2 is 1.85 bits per heavy atom. The number of likely N-dealkylation sites (N-methyl/N-ethyl adjacent to an activating group) is 1. The second-order valence-electron chi connectivity index (χ2n) is 5.86. The second kappa shape index (κ2) is 8.29. The molecule has 1 N–H and O–H groups in total. The minimum atomic E-state index is -4.55. The lowest BCUT2D eigenvalue weighted by molar-refractivity contribution is -0.137. The Morgan fingerprint density at radius 3 is 2.46 bits per heavy atom. The lowest BCUT2D eigenvalue weighted by atomic mass is 10.1. The molecule has 0 fully saturated rings. The van der Waals surface area contributed by atoms with Gasteiger partial charge in [-0.05, 0) is 43.8 Å². The number of amides is 1. The van der Waals surface area contributed by atoms with Gasteiger partial charge in [0.2, 0.25) is 5.91 Å². The minimum Gasteiger partial charge on any atom is -0.324 e. The highest BCUT2D eigenvalue weighted by Gasteiger charge is 2.34. The zero-order valence-corrected chi connectivity index (χ0v) is 15.6. The topological polar surface area (TPSA) is 32.3 Å². The predicted octanol–water partition coefficient (Wildman–Crippen LogP) is 5.47. The molecule has 0 heterocycles. The fraction of sp³-hybridized carbons (Fsp3) is 0.278. The third-order valence-corrected chi connectivity index (χ3v) is 4.55. The van der Waals surface area contributed by atoms with Gasteiger partial charge >= 0.3 is 6.18 Å². The zero-order valence-electron chi connectivity index (χ0n) is 14.1. The first kappa shape index (κ1) is 20.6. The molecule has 1 unspecified atom stereocenters. The van der Waals surface area contributed by atoms with Crippen LogP contribution in [0.5, 0.6) is 0 Å². The number of hydrogen-bond donors (Lipinski definition) is 1. The van der Waals surface area contributed by atoms with Crippen LogP contribution >= 0.6 is 23.2 Å². The van der Waals surface area contributed by atoms with Gasteiger partial charge in [0.25, 0.3) is 0 Å². The maximum atomic E-state index is 13.0. The van der Waals surface area contributed by atoms with E-state index in [-0.39, 0.29) is 5.69 Å². The van der Waals surface area contributed by atoms with Gasteiger partial charge in [0.05, 0.1) is 17.3 Å². The third-order valence-electron chi connectivity index (χ3n) is 3.97. The summed E-state index contributed by atoms with van der Waals surface area (Å²) in [7, 11) is 1.69. The van der Waals surface area contributed by atoms with Gasteiger partial charge in [-0.15, -0.1) is 0 Å². The first-order valence-corrected chi connectivity index (χ1v) is 8.46. The van der Waals surface area contributed by atoms with Crippen LogP contribution in [0.25, 0.3) is 0 Å². The summed E-state index contributed by atoms with van der Waals surface area (Å²) in [6, 6.07) is 9.20. The molecule has 140 valence electrons. The van der Waals surface area contributed by atoms with Gasteiger partial charge < -0.3 is 5.32 Å². The number of halogens is 5. The quantitative estimate of drug-likeness (QED) is 0.716. The Balaban J connectivity index is 2.10.